The zero-order valence-electron chi connectivity index (χ0n) is 10.1. The van der Waals surface area contributed by atoms with Gasteiger partial charge in [0.1, 0.15) is 5.76 Å². The van der Waals surface area contributed by atoms with Crippen molar-refractivity contribution < 1.29 is 9.53 Å². The molecule has 1 aliphatic rings. The van der Waals surface area contributed by atoms with E-state index in [1.54, 1.807) is 6.08 Å². The topological polar surface area (TPSA) is 38.3 Å². The Morgan fingerprint density at radius 2 is 2.25 bits per heavy atom. The number of ether oxygens (including phenoxy) is 1. The molecule has 0 aromatic rings. The van der Waals surface area contributed by atoms with Gasteiger partial charge in [0.2, 0.25) is 0 Å². The molecule has 3 heteroatoms. The highest BCUT2D eigenvalue weighted by Crippen LogP contribution is 2.11. The molecule has 0 saturated carbocycles. The summed E-state index contributed by atoms with van der Waals surface area (Å²) in [5, 5.41) is 2.71. The Morgan fingerprint density at radius 1 is 1.50 bits per heavy atom. The van der Waals surface area contributed by atoms with Gasteiger partial charge in [0.05, 0.1) is 0 Å². The van der Waals surface area contributed by atoms with Gasteiger partial charge in [0.15, 0.2) is 0 Å². The number of allylic oxidation sites excluding steroid dienone is 5. The van der Waals surface area contributed by atoms with Crippen molar-refractivity contribution in [2.75, 3.05) is 6.54 Å². The largest absolute Gasteiger partial charge is 0.412 e. The lowest BCUT2D eigenvalue weighted by molar-refractivity contribution is 0.177. The number of alkyl carbamates (subject to hydrolysis) is 1. The Hall–Kier alpha value is -1.51. The van der Waals surface area contributed by atoms with E-state index in [-0.39, 0.29) is 5.92 Å². The van der Waals surface area contributed by atoms with Crippen molar-refractivity contribution in [1.82, 2.24) is 5.32 Å². The number of nitrogens with one attached hydrogen (secondary N) is 1. The van der Waals surface area contributed by atoms with Crippen LogP contribution in [0.25, 0.3) is 0 Å². The first kappa shape index (κ1) is 12.6. The lowest BCUT2D eigenvalue weighted by Gasteiger charge is -2.09. The van der Waals surface area contributed by atoms with Crippen molar-refractivity contribution in [3.05, 3.63) is 36.1 Å². The van der Waals surface area contributed by atoms with Gasteiger partial charge < -0.3 is 10.1 Å². The molecule has 0 heterocycles. The lowest BCUT2D eigenvalue weighted by atomic mass is 10.1. The molecule has 16 heavy (non-hydrogen) atoms. The second kappa shape index (κ2) is 6.16. The Kier molecular flexibility index (Phi) is 4.83. The maximum atomic E-state index is 11.4. The second-order valence-electron chi connectivity index (χ2n) is 4.34. The Labute approximate surface area is 96.9 Å². The molecule has 88 valence electrons. The normalized spacial score (nSPS) is 19.2. The highest BCUT2D eigenvalue weighted by atomic mass is 16.6. The molecule has 1 unspecified atom stereocenters. The van der Waals surface area contributed by atoms with Crippen LogP contribution in [0.2, 0.25) is 0 Å². The van der Waals surface area contributed by atoms with Crippen molar-refractivity contribution in [2.45, 2.75) is 20.8 Å². The average molecular weight is 221 g/mol. The molecule has 0 fully saturated rings. The van der Waals surface area contributed by atoms with Crippen molar-refractivity contribution in [2.24, 2.45) is 11.8 Å². The van der Waals surface area contributed by atoms with E-state index in [1.807, 2.05) is 45.1 Å². The zero-order valence-corrected chi connectivity index (χ0v) is 10.1. The Morgan fingerprint density at radius 3 is 2.94 bits per heavy atom. The molecule has 0 bridgehead atoms. The van der Waals surface area contributed by atoms with Crippen molar-refractivity contribution in [3.63, 3.8) is 0 Å². The van der Waals surface area contributed by atoms with Crippen LogP contribution >= 0.6 is 0 Å². The van der Waals surface area contributed by atoms with Crippen LogP contribution in [0, 0.1) is 11.8 Å². The van der Waals surface area contributed by atoms with Gasteiger partial charge in [-0.1, -0.05) is 39.0 Å². The Bertz CT molecular complexity index is 327. The van der Waals surface area contributed by atoms with Gasteiger partial charge in [-0.3, -0.25) is 0 Å². The second-order valence-corrected chi connectivity index (χ2v) is 4.34. The molecule has 0 spiro atoms. The van der Waals surface area contributed by atoms with E-state index in [0.29, 0.717) is 18.2 Å². The predicted octanol–water partition coefficient (Wildman–Crippen LogP) is 3.01. The first-order chi connectivity index (χ1) is 7.58. The SMILES string of the molecule is CC1C=CC=CC(OC(=O)NCC(C)C)=C1. The third-order valence-corrected chi connectivity index (χ3v) is 2.08. The number of hydrogen-bond acceptors (Lipinski definition) is 2. The molecule has 1 aliphatic carbocycles. The minimum Gasteiger partial charge on any atom is -0.411 e. The van der Waals surface area contributed by atoms with Gasteiger partial charge in [0.25, 0.3) is 0 Å². The molecule has 0 aromatic heterocycles. The van der Waals surface area contributed by atoms with E-state index >= 15 is 0 Å². The number of carbonyl (C=O) groups excluding carboxylic acids is 1. The summed E-state index contributed by atoms with van der Waals surface area (Å²) < 4.78 is 5.18. The maximum absolute atomic E-state index is 11.4. The first-order valence-electron chi connectivity index (χ1n) is 5.60. The fraction of sp³-hybridized carbons (Fsp3) is 0.462. The minimum absolute atomic E-state index is 0.280. The summed E-state index contributed by atoms with van der Waals surface area (Å²) in [6.07, 6.45) is 9.16. The van der Waals surface area contributed by atoms with Gasteiger partial charge >= 0.3 is 6.09 Å². The maximum Gasteiger partial charge on any atom is 0.412 e. The Balaban J connectivity index is 2.44. The van der Waals surface area contributed by atoms with Crippen molar-refractivity contribution in [3.8, 4) is 0 Å². The molecule has 1 N–H and O–H groups in total. The van der Waals surface area contributed by atoms with Gasteiger partial charge in [-0.05, 0) is 24.0 Å². The molecule has 0 aliphatic heterocycles. The van der Waals surface area contributed by atoms with Crippen molar-refractivity contribution >= 4 is 6.09 Å². The van der Waals surface area contributed by atoms with E-state index in [4.69, 9.17) is 4.74 Å². The van der Waals surface area contributed by atoms with Crippen LogP contribution in [-0.4, -0.2) is 12.6 Å². The first-order valence-corrected chi connectivity index (χ1v) is 5.60. The molecule has 0 radical (unpaired) electrons. The quantitative estimate of drug-likeness (QED) is 0.795. The molecule has 0 aromatic carbocycles. The number of amides is 1. The van der Waals surface area contributed by atoms with E-state index in [1.165, 1.54) is 0 Å². The van der Waals surface area contributed by atoms with Gasteiger partial charge in [-0.25, -0.2) is 4.79 Å². The molecule has 1 atom stereocenters. The molecule has 0 saturated heterocycles. The van der Waals surface area contributed by atoms with Crippen LogP contribution in [0.5, 0.6) is 0 Å². The standard InChI is InChI=1S/C13H19NO2/c1-10(2)9-14-13(15)16-12-7-5-4-6-11(3)8-12/h4-8,10-11H,9H2,1-3H3,(H,14,15). The summed E-state index contributed by atoms with van der Waals surface area (Å²) in [5.41, 5.74) is 0. The summed E-state index contributed by atoms with van der Waals surface area (Å²) in [4.78, 5) is 11.4. The summed E-state index contributed by atoms with van der Waals surface area (Å²) in [6, 6.07) is 0. The summed E-state index contributed by atoms with van der Waals surface area (Å²) in [5.74, 6) is 1.30. The van der Waals surface area contributed by atoms with Crippen LogP contribution in [0.3, 0.4) is 0 Å². The number of hydrogen-bond donors (Lipinski definition) is 1. The monoisotopic (exact) mass is 221 g/mol. The third kappa shape index (κ3) is 4.82. The lowest BCUT2D eigenvalue weighted by Crippen LogP contribution is -2.27. The van der Waals surface area contributed by atoms with Crippen LogP contribution < -0.4 is 5.32 Å². The van der Waals surface area contributed by atoms with E-state index in [9.17, 15) is 4.79 Å². The highest BCUT2D eigenvalue weighted by molar-refractivity contribution is 5.68. The van der Waals surface area contributed by atoms with Crippen LogP contribution in [0.1, 0.15) is 20.8 Å². The fourth-order valence-electron chi connectivity index (χ4n) is 1.26. The number of rotatable bonds is 3. The van der Waals surface area contributed by atoms with Crippen LogP contribution in [0.15, 0.2) is 36.1 Å². The molecular weight excluding hydrogens is 202 g/mol. The minimum atomic E-state index is -0.390. The zero-order chi connectivity index (χ0) is 12.0. The summed E-state index contributed by atoms with van der Waals surface area (Å²) >= 11 is 0. The highest BCUT2D eigenvalue weighted by Gasteiger charge is 2.07. The summed E-state index contributed by atoms with van der Waals surface area (Å²) in [6.45, 7) is 6.75. The van der Waals surface area contributed by atoms with E-state index in [0.717, 1.165) is 0 Å². The molecular formula is C13H19NO2. The average Bonchev–Trinajstić information content (AvgIpc) is 2.40. The smallest absolute Gasteiger partial charge is 0.411 e. The molecule has 3 nitrogen and oxygen atoms in total. The third-order valence-electron chi connectivity index (χ3n) is 2.08. The van der Waals surface area contributed by atoms with Gasteiger partial charge in [-0.2, -0.15) is 0 Å². The van der Waals surface area contributed by atoms with Crippen LogP contribution in [0.4, 0.5) is 4.79 Å². The van der Waals surface area contributed by atoms with Gasteiger partial charge in [-0.15, -0.1) is 0 Å². The predicted molar refractivity (Wildman–Crippen MR) is 64.8 cm³/mol. The molecule has 1 amide bonds. The fourth-order valence-corrected chi connectivity index (χ4v) is 1.26. The van der Waals surface area contributed by atoms with Gasteiger partial charge in [0, 0.05) is 6.54 Å². The van der Waals surface area contributed by atoms with E-state index < -0.39 is 6.09 Å². The van der Waals surface area contributed by atoms with Crippen molar-refractivity contribution in [1.29, 1.82) is 0 Å². The number of carbonyl (C=O) groups is 1. The van der Waals surface area contributed by atoms with Crippen LogP contribution in [-0.2, 0) is 4.74 Å². The molecule has 1 rings (SSSR count). The summed E-state index contributed by atoms with van der Waals surface area (Å²) in [7, 11) is 0. The van der Waals surface area contributed by atoms with E-state index in [2.05, 4.69) is 5.32 Å².